The van der Waals surface area contributed by atoms with Gasteiger partial charge in [-0.1, -0.05) is 44.9 Å². The monoisotopic (exact) mass is 328 g/mol. The molecule has 1 N–H and O–H groups in total. The summed E-state index contributed by atoms with van der Waals surface area (Å²) >= 11 is 0. The molecule has 1 unspecified atom stereocenters. The molecule has 1 fully saturated rings. The average Bonchev–Trinajstić information content (AvgIpc) is 3.05. The van der Waals surface area contributed by atoms with Gasteiger partial charge in [-0.2, -0.15) is 13.2 Å². The maximum atomic E-state index is 13.2. The lowest BCUT2D eigenvalue weighted by Gasteiger charge is -2.32. The fourth-order valence-electron chi connectivity index (χ4n) is 3.33. The molecule has 0 aliphatic carbocycles. The number of hydrogen-bond acceptors (Lipinski definition) is 2. The maximum Gasteiger partial charge on any atom is 0.416 e. The fourth-order valence-corrected chi connectivity index (χ4v) is 3.33. The third-order valence-electron chi connectivity index (χ3n) is 4.89. The van der Waals surface area contributed by atoms with Crippen LogP contribution in [0.15, 0.2) is 24.3 Å². The van der Waals surface area contributed by atoms with Gasteiger partial charge in [-0.15, -0.1) is 0 Å². The van der Waals surface area contributed by atoms with Gasteiger partial charge in [0.2, 0.25) is 0 Å². The van der Waals surface area contributed by atoms with Crippen molar-refractivity contribution in [2.45, 2.75) is 51.9 Å². The van der Waals surface area contributed by atoms with Crippen LogP contribution in [0.1, 0.15) is 44.2 Å². The molecular formula is C18H27F3N2. The fraction of sp³-hybridized carbons (Fsp3) is 0.667. The zero-order valence-electron chi connectivity index (χ0n) is 14.0. The standard InChI is InChI=1S/C18H27F3N2/c1-3-14(4-2)12-23(16-9-10-22-11-16)13-15-7-5-6-8-17(15)18(19,20)21/h5-8,14,16,22H,3-4,9-13H2,1-2H3. The maximum absolute atomic E-state index is 13.2. The van der Waals surface area contributed by atoms with Crippen LogP contribution in [0.25, 0.3) is 0 Å². The predicted molar refractivity (Wildman–Crippen MR) is 87.2 cm³/mol. The molecule has 1 aliphatic rings. The van der Waals surface area contributed by atoms with Crippen molar-refractivity contribution in [2.75, 3.05) is 19.6 Å². The third kappa shape index (κ3) is 4.95. The number of hydrogen-bond donors (Lipinski definition) is 1. The topological polar surface area (TPSA) is 15.3 Å². The summed E-state index contributed by atoms with van der Waals surface area (Å²) in [5.41, 5.74) is -0.113. The van der Waals surface area contributed by atoms with Crippen molar-refractivity contribution in [1.82, 2.24) is 10.2 Å². The summed E-state index contributed by atoms with van der Waals surface area (Å²) in [5, 5.41) is 3.33. The highest BCUT2D eigenvalue weighted by molar-refractivity contribution is 5.29. The molecule has 0 aromatic heterocycles. The second-order valence-corrected chi connectivity index (χ2v) is 6.41. The van der Waals surface area contributed by atoms with Crippen molar-refractivity contribution in [3.8, 4) is 0 Å². The Hall–Kier alpha value is -1.07. The SMILES string of the molecule is CCC(CC)CN(Cc1ccccc1C(F)(F)F)C1CCNC1. The van der Waals surface area contributed by atoms with Crippen molar-refractivity contribution in [3.63, 3.8) is 0 Å². The van der Waals surface area contributed by atoms with Crippen LogP contribution in [0.2, 0.25) is 0 Å². The van der Waals surface area contributed by atoms with Crippen LogP contribution in [0, 0.1) is 5.92 Å². The minimum Gasteiger partial charge on any atom is -0.315 e. The molecule has 0 radical (unpaired) electrons. The van der Waals surface area contributed by atoms with Gasteiger partial charge in [0.25, 0.3) is 0 Å². The van der Waals surface area contributed by atoms with E-state index in [-0.39, 0.29) is 0 Å². The van der Waals surface area contributed by atoms with Crippen molar-refractivity contribution in [3.05, 3.63) is 35.4 Å². The summed E-state index contributed by atoms with van der Waals surface area (Å²) < 4.78 is 39.7. The molecule has 1 atom stereocenters. The highest BCUT2D eigenvalue weighted by Crippen LogP contribution is 2.33. The van der Waals surface area contributed by atoms with Gasteiger partial charge in [0.1, 0.15) is 0 Å². The van der Waals surface area contributed by atoms with Gasteiger partial charge < -0.3 is 5.32 Å². The average molecular weight is 328 g/mol. The normalized spacial score (nSPS) is 19.0. The lowest BCUT2D eigenvalue weighted by Crippen LogP contribution is -2.40. The Bertz CT molecular complexity index is 477. The van der Waals surface area contributed by atoms with E-state index in [4.69, 9.17) is 0 Å². The van der Waals surface area contributed by atoms with Crippen molar-refractivity contribution >= 4 is 0 Å². The Balaban J connectivity index is 2.20. The smallest absolute Gasteiger partial charge is 0.315 e. The number of alkyl halides is 3. The molecule has 1 aromatic rings. The first-order valence-electron chi connectivity index (χ1n) is 8.55. The molecule has 1 heterocycles. The Morgan fingerprint density at radius 2 is 1.91 bits per heavy atom. The van der Waals surface area contributed by atoms with Gasteiger partial charge in [-0.25, -0.2) is 0 Å². The number of rotatable bonds is 7. The zero-order chi connectivity index (χ0) is 16.9. The Morgan fingerprint density at radius 3 is 2.48 bits per heavy atom. The van der Waals surface area contributed by atoms with Gasteiger partial charge >= 0.3 is 6.18 Å². The van der Waals surface area contributed by atoms with Gasteiger partial charge in [0, 0.05) is 25.7 Å². The van der Waals surface area contributed by atoms with E-state index in [1.54, 1.807) is 12.1 Å². The molecule has 0 spiro atoms. The lowest BCUT2D eigenvalue weighted by molar-refractivity contribution is -0.138. The Morgan fingerprint density at radius 1 is 1.22 bits per heavy atom. The van der Waals surface area contributed by atoms with Crippen molar-refractivity contribution in [2.24, 2.45) is 5.92 Å². The number of nitrogens with zero attached hydrogens (tertiary/aromatic N) is 1. The number of benzene rings is 1. The Kier molecular flexibility index (Phi) is 6.48. The molecule has 2 rings (SSSR count). The van der Waals surface area contributed by atoms with Crippen LogP contribution in [-0.2, 0) is 12.7 Å². The number of nitrogens with one attached hydrogen (secondary N) is 1. The molecule has 1 aliphatic heterocycles. The molecule has 5 heteroatoms. The first-order valence-corrected chi connectivity index (χ1v) is 8.55. The van der Waals surface area contributed by atoms with Crippen LogP contribution in [0.4, 0.5) is 13.2 Å². The minimum absolute atomic E-state index is 0.330. The van der Waals surface area contributed by atoms with E-state index in [0.29, 0.717) is 24.1 Å². The van der Waals surface area contributed by atoms with E-state index in [1.807, 2.05) is 0 Å². The molecule has 0 bridgehead atoms. The molecule has 130 valence electrons. The summed E-state index contributed by atoms with van der Waals surface area (Å²) in [4.78, 5) is 2.25. The summed E-state index contributed by atoms with van der Waals surface area (Å²) in [6.45, 7) is 7.37. The van der Waals surface area contributed by atoms with Gasteiger partial charge in [0.05, 0.1) is 5.56 Å². The zero-order valence-corrected chi connectivity index (χ0v) is 14.0. The van der Waals surface area contributed by atoms with E-state index in [1.165, 1.54) is 12.1 Å². The summed E-state index contributed by atoms with van der Waals surface area (Å²) in [5.74, 6) is 0.536. The van der Waals surface area contributed by atoms with E-state index in [9.17, 15) is 13.2 Å². The largest absolute Gasteiger partial charge is 0.416 e. The second-order valence-electron chi connectivity index (χ2n) is 6.41. The van der Waals surface area contributed by atoms with Crippen molar-refractivity contribution < 1.29 is 13.2 Å². The quantitative estimate of drug-likeness (QED) is 0.802. The first-order chi connectivity index (χ1) is 11.0. The molecule has 1 aromatic carbocycles. The minimum atomic E-state index is -4.29. The van der Waals surface area contributed by atoms with Crippen molar-refractivity contribution in [1.29, 1.82) is 0 Å². The van der Waals surface area contributed by atoms with Crippen LogP contribution < -0.4 is 5.32 Å². The number of halogens is 3. The van der Waals surface area contributed by atoms with Crippen LogP contribution >= 0.6 is 0 Å². The van der Waals surface area contributed by atoms with E-state index >= 15 is 0 Å². The molecule has 0 amide bonds. The summed E-state index contributed by atoms with van der Waals surface area (Å²) in [6.07, 6.45) is -1.15. The van der Waals surface area contributed by atoms with Gasteiger partial charge in [-0.3, -0.25) is 4.90 Å². The van der Waals surface area contributed by atoms with Crippen LogP contribution in [0.3, 0.4) is 0 Å². The highest BCUT2D eigenvalue weighted by atomic mass is 19.4. The third-order valence-corrected chi connectivity index (χ3v) is 4.89. The van der Waals surface area contributed by atoms with E-state index in [2.05, 4.69) is 24.1 Å². The second kappa shape index (κ2) is 8.15. The predicted octanol–water partition coefficient (Wildman–Crippen LogP) is 4.31. The molecular weight excluding hydrogens is 301 g/mol. The Labute approximate surface area is 137 Å². The highest BCUT2D eigenvalue weighted by Gasteiger charge is 2.34. The van der Waals surface area contributed by atoms with Crippen LogP contribution in [-0.4, -0.2) is 30.6 Å². The summed E-state index contributed by atoms with van der Waals surface area (Å²) in [7, 11) is 0. The lowest BCUT2D eigenvalue weighted by atomic mass is 10.00. The first kappa shape index (κ1) is 18.3. The molecule has 1 saturated heterocycles. The summed E-state index contributed by atoms with van der Waals surface area (Å²) in [6, 6.07) is 6.31. The van der Waals surface area contributed by atoms with E-state index in [0.717, 1.165) is 38.9 Å². The van der Waals surface area contributed by atoms with Crippen LogP contribution in [0.5, 0.6) is 0 Å². The van der Waals surface area contributed by atoms with E-state index < -0.39 is 11.7 Å². The molecule has 23 heavy (non-hydrogen) atoms. The van der Waals surface area contributed by atoms with Gasteiger partial charge in [-0.05, 0) is 30.5 Å². The molecule has 2 nitrogen and oxygen atoms in total. The molecule has 0 saturated carbocycles. The van der Waals surface area contributed by atoms with Gasteiger partial charge in [0.15, 0.2) is 0 Å².